The Bertz CT molecular complexity index is 913. The molecule has 2 heterocycles. The van der Waals surface area contributed by atoms with Gasteiger partial charge in [-0.3, -0.25) is 14.0 Å². The molecule has 0 amide bonds. The van der Waals surface area contributed by atoms with E-state index in [0.717, 1.165) is 17.1 Å². The summed E-state index contributed by atoms with van der Waals surface area (Å²) < 4.78 is 6.09. The number of aromatic nitrogens is 3. The summed E-state index contributed by atoms with van der Waals surface area (Å²) in [6.07, 6.45) is 0. The number of benzene rings is 1. The number of hydrogen-bond donors (Lipinski definition) is 0. The Balaban J connectivity index is 2.37. The Hall–Kier alpha value is -1.92. The quantitative estimate of drug-likeness (QED) is 0.679. The summed E-state index contributed by atoms with van der Waals surface area (Å²) >= 11 is 6.84. The van der Waals surface area contributed by atoms with Crippen molar-refractivity contribution in [3.8, 4) is 11.4 Å². The van der Waals surface area contributed by atoms with Gasteiger partial charge in [0, 0.05) is 18.1 Å². The molecule has 0 aliphatic rings. The summed E-state index contributed by atoms with van der Waals surface area (Å²) in [6.45, 7) is 3.90. The van der Waals surface area contributed by atoms with E-state index in [9.17, 15) is 4.79 Å². The minimum Gasteiger partial charge on any atom is -0.289 e. The molecule has 0 saturated carbocycles. The largest absolute Gasteiger partial charge is 0.295 e. The highest BCUT2D eigenvalue weighted by atomic mass is 32.1. The van der Waals surface area contributed by atoms with Gasteiger partial charge in [0.05, 0.1) is 11.4 Å². The maximum atomic E-state index is 12.9. The first-order chi connectivity index (χ1) is 10.0. The molecular formula is C15H15N3OS2. The number of aryl methyl sites for hydroxylation is 1. The first kappa shape index (κ1) is 14.0. The van der Waals surface area contributed by atoms with Crippen molar-refractivity contribution in [2.45, 2.75) is 13.8 Å². The monoisotopic (exact) mass is 317 g/mol. The smallest absolute Gasteiger partial charge is 0.289 e. The summed E-state index contributed by atoms with van der Waals surface area (Å²) in [5.74, 6) is 0. The van der Waals surface area contributed by atoms with E-state index in [-0.39, 0.29) is 5.56 Å². The van der Waals surface area contributed by atoms with E-state index in [2.05, 4.69) is 0 Å². The molecule has 0 aliphatic carbocycles. The van der Waals surface area contributed by atoms with Gasteiger partial charge >= 0.3 is 0 Å². The van der Waals surface area contributed by atoms with Crippen LogP contribution in [0.25, 0.3) is 11.4 Å². The highest BCUT2D eigenvalue weighted by Gasteiger charge is 2.19. The van der Waals surface area contributed by atoms with Crippen LogP contribution in [0.15, 0.2) is 40.5 Å². The Morgan fingerprint density at radius 3 is 2.38 bits per heavy atom. The third-order valence-electron chi connectivity index (χ3n) is 3.61. The fraction of sp³-hybridized carbons (Fsp3) is 0.200. The van der Waals surface area contributed by atoms with Crippen LogP contribution >= 0.6 is 23.6 Å². The summed E-state index contributed by atoms with van der Waals surface area (Å²) in [6, 6.07) is 9.62. The third-order valence-corrected chi connectivity index (χ3v) is 4.93. The second-order valence-electron chi connectivity index (χ2n) is 4.89. The van der Waals surface area contributed by atoms with Crippen molar-refractivity contribution in [2.24, 2.45) is 7.05 Å². The number of thiazole rings is 1. The van der Waals surface area contributed by atoms with Crippen molar-refractivity contribution in [3.63, 3.8) is 0 Å². The van der Waals surface area contributed by atoms with E-state index in [1.807, 2.05) is 65.9 Å². The number of nitrogens with zero attached hydrogens (tertiary/aromatic N) is 3. The molecule has 3 aromatic rings. The lowest BCUT2D eigenvalue weighted by Gasteiger charge is -2.07. The Morgan fingerprint density at radius 2 is 1.81 bits per heavy atom. The van der Waals surface area contributed by atoms with Crippen molar-refractivity contribution < 1.29 is 0 Å². The topological polar surface area (TPSA) is 31.9 Å². The summed E-state index contributed by atoms with van der Waals surface area (Å²) in [7, 11) is 1.89. The fourth-order valence-electron chi connectivity index (χ4n) is 2.46. The lowest BCUT2D eigenvalue weighted by Crippen LogP contribution is -2.21. The van der Waals surface area contributed by atoms with Gasteiger partial charge in [-0.15, -0.1) is 11.3 Å². The van der Waals surface area contributed by atoms with Gasteiger partial charge in [0.25, 0.3) is 5.56 Å². The highest BCUT2D eigenvalue weighted by Crippen LogP contribution is 2.19. The van der Waals surface area contributed by atoms with Crippen LogP contribution in [-0.2, 0) is 7.05 Å². The highest BCUT2D eigenvalue weighted by molar-refractivity contribution is 7.73. The Kier molecular flexibility index (Phi) is 3.43. The minimum atomic E-state index is -0.0567. The van der Waals surface area contributed by atoms with Crippen molar-refractivity contribution in [3.05, 3.63) is 61.4 Å². The van der Waals surface area contributed by atoms with Gasteiger partial charge in [0.15, 0.2) is 3.95 Å². The van der Waals surface area contributed by atoms with Gasteiger partial charge < -0.3 is 0 Å². The first-order valence-electron chi connectivity index (χ1n) is 6.54. The molecule has 1 aromatic carbocycles. The van der Waals surface area contributed by atoms with Crippen molar-refractivity contribution in [1.29, 1.82) is 0 Å². The first-order valence-corrected chi connectivity index (χ1v) is 7.82. The Morgan fingerprint density at radius 1 is 1.14 bits per heavy atom. The minimum absolute atomic E-state index is 0.0567. The average Bonchev–Trinajstić information content (AvgIpc) is 2.90. The molecule has 0 aliphatic heterocycles. The van der Waals surface area contributed by atoms with Gasteiger partial charge in [0.2, 0.25) is 0 Å². The van der Waals surface area contributed by atoms with Crippen LogP contribution < -0.4 is 5.56 Å². The molecular weight excluding hydrogens is 302 g/mol. The normalized spacial score (nSPS) is 11.0. The van der Waals surface area contributed by atoms with Crippen LogP contribution in [-0.4, -0.2) is 13.9 Å². The zero-order valence-corrected chi connectivity index (χ0v) is 13.7. The predicted octanol–water partition coefficient (Wildman–Crippen LogP) is 3.37. The van der Waals surface area contributed by atoms with Crippen molar-refractivity contribution in [2.75, 3.05) is 0 Å². The molecule has 0 atom stereocenters. The van der Waals surface area contributed by atoms with Crippen LogP contribution in [0, 0.1) is 17.8 Å². The molecule has 21 heavy (non-hydrogen) atoms. The van der Waals surface area contributed by atoms with Gasteiger partial charge in [-0.2, -0.15) is 0 Å². The molecule has 0 N–H and O–H groups in total. The second-order valence-corrected chi connectivity index (χ2v) is 6.39. The maximum absolute atomic E-state index is 12.9. The SMILES string of the molecule is Cc1csc(=S)n1-c1c(C)n(C)n(-c2ccccc2)c1=O. The second kappa shape index (κ2) is 5.13. The van der Waals surface area contributed by atoms with Crippen molar-refractivity contribution in [1.82, 2.24) is 13.9 Å². The van der Waals surface area contributed by atoms with Crippen molar-refractivity contribution >= 4 is 23.6 Å². The standard InChI is InChI=1S/C15H15N3OS2/c1-10-9-21-15(20)17(10)13-11(2)16(3)18(14(13)19)12-7-5-4-6-8-12/h4-9H,1-3H3. The molecule has 3 rings (SSSR count). The maximum Gasteiger partial charge on any atom is 0.295 e. The molecule has 0 saturated heterocycles. The lowest BCUT2D eigenvalue weighted by atomic mass is 10.3. The molecule has 108 valence electrons. The summed E-state index contributed by atoms with van der Waals surface area (Å²) in [5.41, 5.74) is 3.29. The van der Waals surface area contributed by atoms with Gasteiger partial charge in [-0.25, -0.2) is 4.68 Å². The van der Waals surface area contributed by atoms with Gasteiger partial charge in [-0.1, -0.05) is 18.2 Å². The zero-order chi connectivity index (χ0) is 15.1. The van der Waals surface area contributed by atoms with E-state index in [0.29, 0.717) is 9.64 Å². The molecule has 2 aromatic heterocycles. The van der Waals surface area contributed by atoms with Crippen LogP contribution in [0.5, 0.6) is 0 Å². The zero-order valence-electron chi connectivity index (χ0n) is 12.0. The molecule has 0 fully saturated rings. The average molecular weight is 317 g/mol. The van der Waals surface area contributed by atoms with E-state index in [1.54, 1.807) is 4.68 Å². The number of hydrogen-bond acceptors (Lipinski definition) is 3. The molecule has 0 spiro atoms. The van der Waals surface area contributed by atoms with Crippen LogP contribution in [0.1, 0.15) is 11.4 Å². The molecule has 0 unspecified atom stereocenters. The van der Waals surface area contributed by atoms with Gasteiger partial charge in [-0.05, 0) is 38.2 Å². The summed E-state index contributed by atoms with van der Waals surface area (Å²) in [5, 5.41) is 1.97. The number of rotatable bonds is 2. The lowest BCUT2D eigenvalue weighted by molar-refractivity contribution is 0.630. The molecule has 6 heteroatoms. The summed E-state index contributed by atoms with van der Waals surface area (Å²) in [4.78, 5) is 12.9. The molecule has 0 radical (unpaired) electrons. The molecule has 4 nitrogen and oxygen atoms in total. The van der Waals surface area contributed by atoms with Gasteiger partial charge in [0.1, 0.15) is 5.69 Å². The van der Waals surface area contributed by atoms with E-state index < -0.39 is 0 Å². The van der Waals surface area contributed by atoms with Crippen LogP contribution in [0.4, 0.5) is 0 Å². The fourth-order valence-corrected chi connectivity index (χ4v) is 3.56. The van der Waals surface area contributed by atoms with Crippen LogP contribution in [0.2, 0.25) is 0 Å². The van der Waals surface area contributed by atoms with E-state index in [1.165, 1.54) is 11.3 Å². The predicted molar refractivity (Wildman–Crippen MR) is 88.5 cm³/mol. The molecule has 0 bridgehead atoms. The van der Waals surface area contributed by atoms with E-state index >= 15 is 0 Å². The Labute approximate surface area is 131 Å². The number of para-hydroxylation sites is 1. The third kappa shape index (κ3) is 2.11. The van der Waals surface area contributed by atoms with E-state index in [4.69, 9.17) is 12.2 Å². The van der Waals surface area contributed by atoms with Crippen LogP contribution in [0.3, 0.4) is 0 Å².